The Bertz CT molecular complexity index is 1070. The molecule has 1 atom stereocenters. The summed E-state index contributed by atoms with van der Waals surface area (Å²) in [6, 6.07) is 14.1. The van der Waals surface area contributed by atoms with Gasteiger partial charge in [-0.05, 0) is 55.3 Å². The number of amides is 1. The van der Waals surface area contributed by atoms with Crippen molar-refractivity contribution in [1.82, 2.24) is 19.7 Å². The summed E-state index contributed by atoms with van der Waals surface area (Å²) >= 11 is 6.02. The number of rotatable bonds is 4. The number of likely N-dealkylation sites (tertiary alicyclic amines) is 1. The number of ether oxygens (including phenoxy) is 1. The Morgan fingerprint density at radius 2 is 2.03 bits per heavy atom. The molecule has 0 aliphatic carbocycles. The summed E-state index contributed by atoms with van der Waals surface area (Å²) in [6.07, 6.45) is 1.70. The summed E-state index contributed by atoms with van der Waals surface area (Å²) in [5.74, 6) is 1.21. The van der Waals surface area contributed by atoms with Crippen LogP contribution in [0.1, 0.15) is 34.9 Å². The van der Waals surface area contributed by atoms with Crippen LogP contribution in [0.15, 0.2) is 53.3 Å². The lowest BCUT2D eigenvalue weighted by Gasteiger charge is -2.31. The number of benzene rings is 2. The highest BCUT2D eigenvalue weighted by Crippen LogP contribution is 2.26. The first-order valence-corrected chi connectivity index (χ1v) is 9.81. The third-order valence-corrected chi connectivity index (χ3v) is 5.35. The molecule has 0 bridgehead atoms. The maximum absolute atomic E-state index is 12.8. The fourth-order valence-electron chi connectivity index (χ4n) is 3.61. The number of nitrogens with zero attached hydrogens (tertiary/aromatic N) is 3. The molecule has 2 aromatic carbocycles. The zero-order valence-corrected chi connectivity index (χ0v) is 16.7. The highest BCUT2D eigenvalue weighted by atomic mass is 35.5. The fourth-order valence-corrected chi connectivity index (χ4v) is 3.80. The number of halogens is 1. The van der Waals surface area contributed by atoms with E-state index in [0.717, 1.165) is 12.8 Å². The maximum Gasteiger partial charge on any atom is 0.348 e. The van der Waals surface area contributed by atoms with E-state index < -0.39 is 0 Å². The minimum Gasteiger partial charge on any atom is -0.497 e. The van der Waals surface area contributed by atoms with Gasteiger partial charge in [0.2, 0.25) is 0 Å². The molecule has 3 aromatic rings. The number of nitrogens with one attached hydrogen (secondary N) is 1. The molecule has 7 nitrogen and oxygen atoms in total. The molecule has 1 aliphatic heterocycles. The number of hydrogen-bond donors (Lipinski definition) is 1. The highest BCUT2D eigenvalue weighted by molar-refractivity contribution is 6.30. The van der Waals surface area contributed by atoms with Crippen molar-refractivity contribution in [1.29, 1.82) is 0 Å². The molecule has 2 heterocycles. The van der Waals surface area contributed by atoms with Gasteiger partial charge in [-0.25, -0.2) is 4.79 Å². The Morgan fingerprint density at radius 3 is 2.76 bits per heavy atom. The van der Waals surface area contributed by atoms with Crippen LogP contribution in [0.4, 0.5) is 0 Å². The summed E-state index contributed by atoms with van der Waals surface area (Å²) in [5.41, 5.74) is 0.917. The molecule has 0 radical (unpaired) electrons. The molecule has 1 aromatic heterocycles. The minimum absolute atomic E-state index is 0.0286. The van der Waals surface area contributed by atoms with Gasteiger partial charge in [0.05, 0.1) is 12.8 Å². The monoisotopic (exact) mass is 412 g/mol. The van der Waals surface area contributed by atoms with Gasteiger partial charge >= 0.3 is 5.69 Å². The second-order valence-corrected chi connectivity index (χ2v) is 7.46. The lowest BCUT2D eigenvalue weighted by Crippen LogP contribution is -2.39. The van der Waals surface area contributed by atoms with Crippen molar-refractivity contribution in [3.8, 4) is 11.4 Å². The van der Waals surface area contributed by atoms with Gasteiger partial charge in [-0.3, -0.25) is 9.78 Å². The van der Waals surface area contributed by atoms with Gasteiger partial charge in [0, 0.05) is 29.6 Å². The average molecular weight is 413 g/mol. The van der Waals surface area contributed by atoms with Crippen LogP contribution in [0.3, 0.4) is 0 Å². The predicted octanol–water partition coefficient (Wildman–Crippen LogP) is 3.24. The van der Waals surface area contributed by atoms with Crippen molar-refractivity contribution in [3.63, 3.8) is 0 Å². The molecule has 0 saturated carbocycles. The highest BCUT2D eigenvalue weighted by Gasteiger charge is 2.28. The predicted molar refractivity (Wildman–Crippen MR) is 110 cm³/mol. The Balaban J connectivity index is 1.54. The van der Waals surface area contributed by atoms with Crippen LogP contribution in [0.5, 0.6) is 5.75 Å². The lowest BCUT2D eigenvalue weighted by molar-refractivity contribution is 0.0704. The van der Waals surface area contributed by atoms with Crippen LogP contribution < -0.4 is 10.4 Å². The van der Waals surface area contributed by atoms with Gasteiger partial charge in [-0.1, -0.05) is 17.7 Å². The van der Waals surface area contributed by atoms with Gasteiger partial charge in [0.1, 0.15) is 11.6 Å². The van der Waals surface area contributed by atoms with E-state index in [1.165, 1.54) is 4.68 Å². The summed E-state index contributed by atoms with van der Waals surface area (Å²) in [4.78, 5) is 29.9. The third kappa shape index (κ3) is 4.05. The van der Waals surface area contributed by atoms with E-state index in [2.05, 4.69) is 10.1 Å². The minimum atomic E-state index is -0.302. The van der Waals surface area contributed by atoms with Gasteiger partial charge in [-0.2, -0.15) is 4.68 Å². The molecular weight excluding hydrogens is 392 g/mol. The van der Waals surface area contributed by atoms with E-state index in [0.29, 0.717) is 40.9 Å². The molecule has 8 heteroatoms. The number of carbonyl (C=O) groups is 1. The standard InChI is InChI=1S/C21H21ClN4O3/c1-29-18-9-7-17(8-10-18)26-21(28)23-19(24-26)15-5-3-11-25(13-15)20(27)14-4-2-6-16(22)12-14/h2,4,6-10,12,15H,3,5,11,13H2,1H3,(H,23,24,28). The molecule has 4 rings (SSSR count). The normalized spacial score (nSPS) is 16.6. The van der Waals surface area contributed by atoms with Crippen molar-refractivity contribution < 1.29 is 9.53 Å². The van der Waals surface area contributed by atoms with E-state index in [9.17, 15) is 9.59 Å². The molecule has 1 aliphatic rings. The first-order chi connectivity index (χ1) is 14.0. The molecule has 1 saturated heterocycles. The molecule has 150 valence electrons. The Hall–Kier alpha value is -3.06. The molecule has 1 unspecified atom stereocenters. The van der Waals surface area contributed by atoms with E-state index in [4.69, 9.17) is 16.3 Å². The van der Waals surface area contributed by atoms with E-state index in [1.54, 1.807) is 60.5 Å². The third-order valence-electron chi connectivity index (χ3n) is 5.12. The smallest absolute Gasteiger partial charge is 0.348 e. The van der Waals surface area contributed by atoms with Crippen molar-refractivity contribution in [2.24, 2.45) is 0 Å². The van der Waals surface area contributed by atoms with Crippen molar-refractivity contribution >= 4 is 17.5 Å². The molecule has 1 N–H and O–H groups in total. The number of methoxy groups -OCH3 is 1. The van der Waals surface area contributed by atoms with Crippen molar-refractivity contribution in [2.45, 2.75) is 18.8 Å². The quantitative estimate of drug-likeness (QED) is 0.713. The number of carbonyl (C=O) groups excluding carboxylic acids is 1. The average Bonchev–Trinajstić information content (AvgIpc) is 3.15. The van der Waals surface area contributed by atoms with Crippen LogP contribution in [0.25, 0.3) is 5.69 Å². The second-order valence-electron chi connectivity index (χ2n) is 7.03. The van der Waals surface area contributed by atoms with Crippen molar-refractivity contribution in [2.75, 3.05) is 20.2 Å². The number of aromatic nitrogens is 3. The summed E-state index contributed by atoms with van der Waals surface area (Å²) < 4.78 is 6.49. The van der Waals surface area contributed by atoms with Gasteiger partial charge in [-0.15, -0.1) is 5.10 Å². The Morgan fingerprint density at radius 1 is 1.24 bits per heavy atom. The van der Waals surface area contributed by atoms with Crippen LogP contribution in [-0.4, -0.2) is 45.8 Å². The molecular formula is C21H21ClN4O3. The molecule has 0 spiro atoms. The fraction of sp³-hybridized carbons (Fsp3) is 0.286. The van der Waals surface area contributed by atoms with Gasteiger partial charge in [0.15, 0.2) is 0 Å². The first-order valence-electron chi connectivity index (χ1n) is 9.43. The topological polar surface area (TPSA) is 80.2 Å². The number of piperidine rings is 1. The second kappa shape index (κ2) is 8.13. The van der Waals surface area contributed by atoms with E-state index in [-0.39, 0.29) is 17.5 Å². The lowest BCUT2D eigenvalue weighted by atomic mass is 9.97. The molecule has 29 heavy (non-hydrogen) atoms. The first kappa shape index (κ1) is 19.3. The largest absolute Gasteiger partial charge is 0.497 e. The maximum atomic E-state index is 12.8. The number of aromatic amines is 1. The van der Waals surface area contributed by atoms with Crippen molar-refractivity contribution in [3.05, 3.63) is 75.4 Å². The number of hydrogen-bond acceptors (Lipinski definition) is 4. The van der Waals surface area contributed by atoms with Crippen LogP contribution in [-0.2, 0) is 0 Å². The summed E-state index contributed by atoms with van der Waals surface area (Å²) in [6.45, 7) is 1.17. The Kier molecular flexibility index (Phi) is 5.40. The zero-order valence-electron chi connectivity index (χ0n) is 16.0. The van der Waals surface area contributed by atoms with Gasteiger partial charge in [0.25, 0.3) is 5.91 Å². The van der Waals surface area contributed by atoms with Crippen LogP contribution in [0.2, 0.25) is 5.02 Å². The molecule has 1 amide bonds. The van der Waals surface area contributed by atoms with Gasteiger partial charge < -0.3 is 9.64 Å². The SMILES string of the molecule is COc1ccc(-n2nc(C3CCCN(C(=O)c4cccc(Cl)c4)C3)[nH]c2=O)cc1. The summed E-state index contributed by atoms with van der Waals surface area (Å²) in [5, 5.41) is 5.02. The number of H-pyrrole nitrogens is 1. The Labute approximate surface area is 172 Å². The van der Waals surface area contributed by atoms with Crippen LogP contribution >= 0.6 is 11.6 Å². The zero-order chi connectivity index (χ0) is 20.4. The van der Waals surface area contributed by atoms with E-state index >= 15 is 0 Å². The van der Waals surface area contributed by atoms with E-state index in [1.807, 2.05) is 0 Å². The van der Waals surface area contributed by atoms with Crippen LogP contribution in [0, 0.1) is 0 Å². The summed E-state index contributed by atoms with van der Waals surface area (Å²) in [7, 11) is 1.59. The molecule has 1 fully saturated rings.